The summed E-state index contributed by atoms with van der Waals surface area (Å²) in [6.45, 7) is 4.39. The molecule has 0 aliphatic rings. The SMILES string of the molecule is CCCCOC(=O)C(C)O.COCCO. The Balaban J connectivity index is 0. The van der Waals surface area contributed by atoms with Crippen LogP contribution < -0.4 is 0 Å². The second-order valence-corrected chi connectivity index (χ2v) is 2.91. The minimum Gasteiger partial charge on any atom is -0.464 e. The van der Waals surface area contributed by atoms with Gasteiger partial charge in [0.25, 0.3) is 0 Å². The lowest BCUT2D eigenvalue weighted by atomic mass is 10.3. The third kappa shape index (κ3) is 16.1. The molecule has 0 aromatic rings. The maximum atomic E-state index is 10.5. The zero-order chi connectivity index (χ0) is 12.1. The van der Waals surface area contributed by atoms with Gasteiger partial charge in [-0.05, 0) is 13.3 Å². The van der Waals surface area contributed by atoms with Crippen LogP contribution in [0.5, 0.6) is 0 Å². The first-order valence-electron chi connectivity index (χ1n) is 5.04. The monoisotopic (exact) mass is 222 g/mol. The molecule has 5 heteroatoms. The number of aliphatic hydroxyl groups is 2. The summed E-state index contributed by atoms with van der Waals surface area (Å²) >= 11 is 0. The number of methoxy groups -OCH3 is 1. The van der Waals surface area contributed by atoms with E-state index in [9.17, 15) is 4.79 Å². The summed E-state index contributed by atoms with van der Waals surface area (Å²) in [5, 5.41) is 16.6. The Labute approximate surface area is 91.0 Å². The molecular formula is C10H22O5. The van der Waals surface area contributed by atoms with Crippen LogP contribution in [0.1, 0.15) is 26.7 Å². The van der Waals surface area contributed by atoms with Gasteiger partial charge in [0.2, 0.25) is 0 Å². The van der Waals surface area contributed by atoms with E-state index in [1.807, 2.05) is 6.92 Å². The van der Waals surface area contributed by atoms with Crippen molar-refractivity contribution in [1.82, 2.24) is 0 Å². The van der Waals surface area contributed by atoms with E-state index in [4.69, 9.17) is 10.2 Å². The number of esters is 1. The average Bonchev–Trinajstić information content (AvgIpc) is 2.20. The van der Waals surface area contributed by atoms with Gasteiger partial charge in [-0.3, -0.25) is 0 Å². The fourth-order valence-electron chi connectivity index (χ4n) is 0.529. The number of aliphatic hydroxyl groups excluding tert-OH is 2. The number of hydrogen-bond acceptors (Lipinski definition) is 5. The summed E-state index contributed by atoms with van der Waals surface area (Å²) in [4.78, 5) is 10.5. The van der Waals surface area contributed by atoms with E-state index in [0.29, 0.717) is 13.2 Å². The largest absolute Gasteiger partial charge is 0.464 e. The van der Waals surface area contributed by atoms with Gasteiger partial charge < -0.3 is 19.7 Å². The second-order valence-electron chi connectivity index (χ2n) is 2.91. The van der Waals surface area contributed by atoms with Crippen molar-refractivity contribution < 1.29 is 24.5 Å². The summed E-state index contributed by atoms with van der Waals surface area (Å²) in [6.07, 6.45) is 0.864. The van der Waals surface area contributed by atoms with Gasteiger partial charge >= 0.3 is 5.97 Å². The summed E-state index contributed by atoms with van der Waals surface area (Å²) in [5.74, 6) is -0.534. The summed E-state index contributed by atoms with van der Waals surface area (Å²) in [6, 6.07) is 0. The van der Waals surface area contributed by atoms with E-state index in [1.165, 1.54) is 6.92 Å². The summed E-state index contributed by atoms with van der Waals surface area (Å²) < 4.78 is 9.10. The Morgan fingerprint density at radius 1 is 1.40 bits per heavy atom. The zero-order valence-corrected chi connectivity index (χ0v) is 9.73. The molecule has 0 aromatic carbocycles. The minimum absolute atomic E-state index is 0.122. The van der Waals surface area contributed by atoms with Gasteiger partial charge in [-0.1, -0.05) is 13.3 Å². The highest BCUT2D eigenvalue weighted by molar-refractivity contribution is 5.73. The second kappa shape index (κ2) is 13.4. The molecule has 0 aliphatic heterocycles. The Bertz CT molecular complexity index is 134. The smallest absolute Gasteiger partial charge is 0.334 e. The van der Waals surface area contributed by atoms with E-state index < -0.39 is 12.1 Å². The van der Waals surface area contributed by atoms with Crippen molar-refractivity contribution in [1.29, 1.82) is 0 Å². The Kier molecular flexibility index (Phi) is 14.9. The van der Waals surface area contributed by atoms with Gasteiger partial charge in [0.15, 0.2) is 0 Å². The molecule has 0 fully saturated rings. The van der Waals surface area contributed by atoms with Crippen molar-refractivity contribution in [3.05, 3.63) is 0 Å². The topological polar surface area (TPSA) is 76.0 Å². The molecule has 2 N–H and O–H groups in total. The van der Waals surface area contributed by atoms with E-state index in [0.717, 1.165) is 12.8 Å². The summed E-state index contributed by atoms with van der Waals surface area (Å²) in [5.41, 5.74) is 0. The number of rotatable bonds is 6. The Morgan fingerprint density at radius 2 is 2.00 bits per heavy atom. The van der Waals surface area contributed by atoms with Crippen LogP contribution in [-0.4, -0.2) is 49.2 Å². The van der Waals surface area contributed by atoms with E-state index in [-0.39, 0.29) is 6.61 Å². The highest BCUT2D eigenvalue weighted by Gasteiger charge is 2.08. The maximum Gasteiger partial charge on any atom is 0.334 e. The average molecular weight is 222 g/mol. The third-order valence-corrected chi connectivity index (χ3v) is 1.38. The van der Waals surface area contributed by atoms with Crippen molar-refractivity contribution in [2.75, 3.05) is 26.9 Å². The number of carbonyl (C=O) groups is 1. The van der Waals surface area contributed by atoms with Crippen LogP contribution in [0, 0.1) is 0 Å². The number of hydrogen-bond donors (Lipinski definition) is 2. The first-order chi connectivity index (χ1) is 7.09. The molecule has 15 heavy (non-hydrogen) atoms. The molecule has 0 spiro atoms. The fourth-order valence-corrected chi connectivity index (χ4v) is 0.529. The molecule has 0 amide bonds. The van der Waals surface area contributed by atoms with Crippen molar-refractivity contribution in [2.24, 2.45) is 0 Å². The van der Waals surface area contributed by atoms with Gasteiger partial charge in [-0.25, -0.2) is 4.79 Å². The molecular weight excluding hydrogens is 200 g/mol. The number of unbranched alkanes of at least 4 members (excludes halogenated alkanes) is 1. The van der Waals surface area contributed by atoms with E-state index >= 15 is 0 Å². The standard InChI is InChI=1S/C7H14O3.C3H8O2/c1-3-4-5-10-7(9)6(2)8;1-5-3-2-4/h6,8H,3-5H2,1-2H3;4H,2-3H2,1H3. The van der Waals surface area contributed by atoms with Crippen LogP contribution in [0.15, 0.2) is 0 Å². The van der Waals surface area contributed by atoms with Crippen molar-refractivity contribution in [2.45, 2.75) is 32.8 Å². The Morgan fingerprint density at radius 3 is 2.27 bits per heavy atom. The lowest BCUT2D eigenvalue weighted by Gasteiger charge is -2.04. The van der Waals surface area contributed by atoms with Gasteiger partial charge in [0, 0.05) is 7.11 Å². The predicted octanol–water partition coefficient (Wildman–Crippen LogP) is 0.336. The fraction of sp³-hybridized carbons (Fsp3) is 0.900. The molecule has 5 nitrogen and oxygen atoms in total. The maximum absolute atomic E-state index is 10.5. The zero-order valence-electron chi connectivity index (χ0n) is 9.73. The van der Waals surface area contributed by atoms with E-state index in [1.54, 1.807) is 7.11 Å². The summed E-state index contributed by atoms with van der Waals surface area (Å²) in [7, 11) is 1.55. The van der Waals surface area contributed by atoms with Gasteiger partial charge in [0.1, 0.15) is 6.10 Å². The lowest BCUT2D eigenvalue weighted by Crippen LogP contribution is -2.19. The minimum atomic E-state index is -0.989. The van der Waals surface area contributed by atoms with Crippen molar-refractivity contribution >= 4 is 5.97 Å². The molecule has 0 aliphatic carbocycles. The predicted molar refractivity (Wildman–Crippen MR) is 56.5 cm³/mol. The molecule has 0 saturated heterocycles. The van der Waals surface area contributed by atoms with Crippen molar-refractivity contribution in [3.8, 4) is 0 Å². The molecule has 1 unspecified atom stereocenters. The van der Waals surface area contributed by atoms with Crippen LogP contribution in [-0.2, 0) is 14.3 Å². The number of carbonyl (C=O) groups excluding carboxylic acids is 1. The van der Waals surface area contributed by atoms with Gasteiger partial charge in [-0.2, -0.15) is 0 Å². The first-order valence-corrected chi connectivity index (χ1v) is 5.04. The van der Waals surface area contributed by atoms with Crippen LogP contribution in [0.25, 0.3) is 0 Å². The normalized spacial score (nSPS) is 11.3. The molecule has 0 heterocycles. The highest BCUT2D eigenvalue weighted by atomic mass is 16.5. The Hall–Kier alpha value is -0.650. The molecule has 1 atom stereocenters. The van der Waals surface area contributed by atoms with Crippen LogP contribution in [0.4, 0.5) is 0 Å². The van der Waals surface area contributed by atoms with Crippen LogP contribution >= 0.6 is 0 Å². The number of ether oxygens (including phenoxy) is 2. The quantitative estimate of drug-likeness (QED) is 0.500. The molecule has 0 bridgehead atoms. The lowest BCUT2D eigenvalue weighted by molar-refractivity contribution is -0.152. The molecule has 0 radical (unpaired) electrons. The van der Waals surface area contributed by atoms with Crippen LogP contribution in [0.2, 0.25) is 0 Å². The molecule has 0 aromatic heterocycles. The molecule has 0 saturated carbocycles. The third-order valence-electron chi connectivity index (χ3n) is 1.38. The van der Waals surface area contributed by atoms with Gasteiger partial charge in [0.05, 0.1) is 19.8 Å². The van der Waals surface area contributed by atoms with Crippen LogP contribution in [0.3, 0.4) is 0 Å². The molecule has 0 rings (SSSR count). The highest BCUT2D eigenvalue weighted by Crippen LogP contribution is 1.91. The van der Waals surface area contributed by atoms with Gasteiger partial charge in [-0.15, -0.1) is 0 Å². The molecule has 92 valence electrons. The van der Waals surface area contributed by atoms with Crippen molar-refractivity contribution in [3.63, 3.8) is 0 Å². The van der Waals surface area contributed by atoms with E-state index in [2.05, 4.69) is 9.47 Å². The first kappa shape index (κ1) is 16.8.